The number of halogens is 2. The summed E-state index contributed by atoms with van der Waals surface area (Å²) in [5.41, 5.74) is 0.117. The largest absolute Gasteiger partial charge is 0.287 e. The summed E-state index contributed by atoms with van der Waals surface area (Å²) in [6.07, 6.45) is 1.46. The smallest absolute Gasteiger partial charge is 0.214 e. The molecule has 0 bridgehead atoms. The zero-order valence-electron chi connectivity index (χ0n) is 8.95. The Kier molecular flexibility index (Phi) is 3.15. The number of carbonyl (C=O) groups excluding carboxylic acids is 1. The van der Waals surface area contributed by atoms with Gasteiger partial charge in [0.05, 0.1) is 5.56 Å². The SMILES string of the molecule is Cc1nccc(C(=O)c2ccc(Cl)cc2F)n1. The summed E-state index contributed by atoms with van der Waals surface area (Å²) in [7, 11) is 0. The minimum absolute atomic E-state index is 0.0486. The average Bonchev–Trinajstić information content (AvgIpc) is 2.28. The Hall–Kier alpha value is -1.81. The molecule has 1 aromatic carbocycles. The number of ketones is 1. The zero-order valence-corrected chi connectivity index (χ0v) is 9.70. The second kappa shape index (κ2) is 4.59. The molecule has 0 atom stereocenters. The Morgan fingerprint density at radius 3 is 2.76 bits per heavy atom. The van der Waals surface area contributed by atoms with Crippen LogP contribution in [0.5, 0.6) is 0 Å². The first-order valence-corrected chi connectivity index (χ1v) is 5.25. The molecule has 2 aromatic rings. The first-order valence-electron chi connectivity index (χ1n) is 4.87. The predicted molar refractivity (Wildman–Crippen MR) is 61.6 cm³/mol. The Bertz CT molecular complexity index is 586. The van der Waals surface area contributed by atoms with E-state index in [-0.39, 0.29) is 16.3 Å². The molecule has 5 heteroatoms. The van der Waals surface area contributed by atoms with Crippen molar-refractivity contribution in [2.24, 2.45) is 0 Å². The number of benzene rings is 1. The maximum Gasteiger partial charge on any atom is 0.214 e. The fourth-order valence-electron chi connectivity index (χ4n) is 1.39. The summed E-state index contributed by atoms with van der Waals surface area (Å²) in [5.74, 6) is -0.673. The van der Waals surface area contributed by atoms with Crippen molar-refractivity contribution in [3.63, 3.8) is 0 Å². The molecule has 1 aromatic heterocycles. The number of nitrogens with zero attached hydrogens (tertiary/aromatic N) is 2. The van der Waals surface area contributed by atoms with Crippen LogP contribution >= 0.6 is 11.6 Å². The van der Waals surface area contributed by atoms with Crippen molar-refractivity contribution in [3.05, 3.63) is 58.4 Å². The molecule has 0 unspecified atom stereocenters. The van der Waals surface area contributed by atoms with Crippen molar-refractivity contribution in [2.75, 3.05) is 0 Å². The van der Waals surface area contributed by atoms with E-state index in [1.165, 1.54) is 24.4 Å². The van der Waals surface area contributed by atoms with Crippen molar-refractivity contribution in [1.29, 1.82) is 0 Å². The number of hydrogen-bond donors (Lipinski definition) is 0. The lowest BCUT2D eigenvalue weighted by atomic mass is 10.1. The minimum Gasteiger partial charge on any atom is -0.287 e. The molecule has 0 fully saturated rings. The van der Waals surface area contributed by atoms with Gasteiger partial charge in [0.2, 0.25) is 5.78 Å². The van der Waals surface area contributed by atoms with Crippen LogP contribution in [0.3, 0.4) is 0 Å². The highest BCUT2D eigenvalue weighted by Gasteiger charge is 2.15. The monoisotopic (exact) mass is 250 g/mol. The maximum atomic E-state index is 13.5. The molecule has 1 heterocycles. The van der Waals surface area contributed by atoms with Gasteiger partial charge in [0.1, 0.15) is 17.3 Å². The molecule has 0 saturated carbocycles. The Balaban J connectivity index is 2.44. The molecule has 0 spiro atoms. The molecule has 0 radical (unpaired) electrons. The summed E-state index contributed by atoms with van der Waals surface area (Å²) >= 11 is 5.62. The maximum absolute atomic E-state index is 13.5. The Morgan fingerprint density at radius 2 is 2.12 bits per heavy atom. The lowest BCUT2D eigenvalue weighted by molar-refractivity contribution is 0.103. The summed E-state index contributed by atoms with van der Waals surface area (Å²) in [6, 6.07) is 5.36. The van der Waals surface area contributed by atoms with Crippen LogP contribution in [0.1, 0.15) is 21.9 Å². The molecule has 0 saturated heterocycles. The van der Waals surface area contributed by atoms with Crippen LogP contribution in [0.25, 0.3) is 0 Å². The van der Waals surface area contributed by atoms with Crippen molar-refractivity contribution in [1.82, 2.24) is 9.97 Å². The van der Waals surface area contributed by atoms with Crippen LogP contribution in [-0.4, -0.2) is 15.8 Å². The Labute approximate surface area is 102 Å². The van der Waals surface area contributed by atoms with Gasteiger partial charge in [-0.3, -0.25) is 4.79 Å². The molecule has 3 nitrogen and oxygen atoms in total. The molecule has 0 aliphatic heterocycles. The lowest BCUT2D eigenvalue weighted by Crippen LogP contribution is -2.07. The van der Waals surface area contributed by atoms with E-state index in [0.717, 1.165) is 6.07 Å². The van der Waals surface area contributed by atoms with Crippen LogP contribution in [0.15, 0.2) is 30.5 Å². The molecule has 0 N–H and O–H groups in total. The van der Waals surface area contributed by atoms with Gasteiger partial charge in [-0.1, -0.05) is 11.6 Å². The molecular formula is C12H8ClFN2O. The summed E-state index contributed by atoms with van der Waals surface area (Å²) in [5, 5.41) is 0.248. The summed E-state index contributed by atoms with van der Waals surface area (Å²) < 4.78 is 13.5. The number of carbonyl (C=O) groups is 1. The summed E-state index contributed by atoms with van der Waals surface area (Å²) in [4.78, 5) is 19.8. The van der Waals surface area contributed by atoms with Gasteiger partial charge in [0, 0.05) is 11.2 Å². The number of aryl methyl sites for hydroxylation is 1. The van der Waals surface area contributed by atoms with E-state index in [4.69, 9.17) is 11.6 Å². The molecule has 86 valence electrons. The molecule has 17 heavy (non-hydrogen) atoms. The van der Waals surface area contributed by atoms with Crippen molar-refractivity contribution >= 4 is 17.4 Å². The molecule has 0 aliphatic rings. The van der Waals surface area contributed by atoms with Gasteiger partial charge in [-0.25, -0.2) is 14.4 Å². The van der Waals surface area contributed by atoms with E-state index in [1.54, 1.807) is 6.92 Å². The highest BCUT2D eigenvalue weighted by Crippen LogP contribution is 2.17. The standard InChI is InChI=1S/C12H8ClFN2O/c1-7-15-5-4-11(16-7)12(17)9-3-2-8(13)6-10(9)14/h2-6H,1H3. The van der Waals surface area contributed by atoms with Gasteiger partial charge < -0.3 is 0 Å². The predicted octanol–water partition coefficient (Wildman–Crippen LogP) is 2.81. The van der Waals surface area contributed by atoms with Crippen LogP contribution in [0.2, 0.25) is 5.02 Å². The fraction of sp³-hybridized carbons (Fsp3) is 0.0833. The van der Waals surface area contributed by atoms with Crippen LogP contribution < -0.4 is 0 Å². The fourth-order valence-corrected chi connectivity index (χ4v) is 1.55. The van der Waals surface area contributed by atoms with Crippen LogP contribution in [0, 0.1) is 12.7 Å². The first kappa shape index (κ1) is 11.7. The van der Waals surface area contributed by atoms with Gasteiger partial charge in [-0.05, 0) is 31.2 Å². The minimum atomic E-state index is -0.654. The van der Waals surface area contributed by atoms with Gasteiger partial charge in [-0.15, -0.1) is 0 Å². The first-order chi connectivity index (χ1) is 8.08. The van der Waals surface area contributed by atoms with Crippen molar-refractivity contribution < 1.29 is 9.18 Å². The van der Waals surface area contributed by atoms with E-state index in [0.29, 0.717) is 5.82 Å². The van der Waals surface area contributed by atoms with Gasteiger partial charge in [-0.2, -0.15) is 0 Å². The van der Waals surface area contributed by atoms with E-state index >= 15 is 0 Å². The third-order valence-electron chi connectivity index (χ3n) is 2.18. The van der Waals surface area contributed by atoms with Crippen molar-refractivity contribution in [2.45, 2.75) is 6.92 Å². The summed E-state index contributed by atoms with van der Waals surface area (Å²) in [6.45, 7) is 1.66. The highest BCUT2D eigenvalue weighted by molar-refractivity contribution is 6.30. The van der Waals surface area contributed by atoms with Crippen LogP contribution in [-0.2, 0) is 0 Å². The van der Waals surface area contributed by atoms with E-state index < -0.39 is 11.6 Å². The third kappa shape index (κ3) is 2.47. The number of aromatic nitrogens is 2. The average molecular weight is 251 g/mol. The quantitative estimate of drug-likeness (QED) is 0.770. The Morgan fingerprint density at radius 1 is 1.35 bits per heavy atom. The molecular weight excluding hydrogens is 243 g/mol. The second-order valence-corrected chi connectivity index (χ2v) is 3.88. The second-order valence-electron chi connectivity index (χ2n) is 3.44. The molecule has 0 aliphatic carbocycles. The third-order valence-corrected chi connectivity index (χ3v) is 2.42. The van der Waals surface area contributed by atoms with Gasteiger partial charge >= 0.3 is 0 Å². The zero-order chi connectivity index (χ0) is 12.4. The van der Waals surface area contributed by atoms with E-state index in [1.807, 2.05) is 0 Å². The van der Waals surface area contributed by atoms with E-state index in [9.17, 15) is 9.18 Å². The number of hydrogen-bond acceptors (Lipinski definition) is 3. The van der Waals surface area contributed by atoms with E-state index in [2.05, 4.69) is 9.97 Å². The van der Waals surface area contributed by atoms with Crippen LogP contribution in [0.4, 0.5) is 4.39 Å². The number of rotatable bonds is 2. The van der Waals surface area contributed by atoms with Gasteiger partial charge in [0.15, 0.2) is 0 Å². The normalized spacial score (nSPS) is 10.3. The lowest BCUT2D eigenvalue weighted by Gasteiger charge is -2.02. The topological polar surface area (TPSA) is 42.9 Å². The highest BCUT2D eigenvalue weighted by atomic mass is 35.5. The molecule has 0 amide bonds. The van der Waals surface area contributed by atoms with Gasteiger partial charge in [0.25, 0.3) is 0 Å². The molecule has 2 rings (SSSR count). The van der Waals surface area contributed by atoms with Crippen molar-refractivity contribution in [3.8, 4) is 0 Å².